The molecular weight excluding hydrogens is 148 g/mol. The molecule has 2 N–H and O–H groups in total. The van der Waals surface area contributed by atoms with Crippen LogP contribution >= 0.6 is 0 Å². The van der Waals surface area contributed by atoms with Crippen LogP contribution in [0.4, 0.5) is 0 Å². The van der Waals surface area contributed by atoms with E-state index < -0.39 is 17.7 Å². The van der Waals surface area contributed by atoms with Gasteiger partial charge in [0.2, 0.25) is 0 Å². The Kier molecular flexibility index (Phi) is 1.76. The van der Waals surface area contributed by atoms with Gasteiger partial charge in [-0.25, -0.2) is 0 Å². The number of hydrogen-bond donors (Lipinski definition) is 2. The van der Waals surface area contributed by atoms with E-state index in [2.05, 4.69) is 0 Å². The second-order valence-corrected chi connectivity index (χ2v) is 2.14. The number of rotatable bonds is 1. The fourth-order valence-electron chi connectivity index (χ4n) is 0.773. The molecule has 0 saturated carbocycles. The number of aliphatic hydroxyl groups excluding tert-OH is 1. The van der Waals surface area contributed by atoms with E-state index in [4.69, 9.17) is 10.2 Å². The number of carboxylic acids is 1. The molecule has 1 rings (SSSR count). The van der Waals surface area contributed by atoms with Gasteiger partial charge >= 0.3 is 5.97 Å². The van der Waals surface area contributed by atoms with Crippen molar-refractivity contribution in [3.63, 3.8) is 0 Å². The lowest BCUT2D eigenvalue weighted by molar-refractivity contribution is -0.143. The second-order valence-electron chi connectivity index (χ2n) is 2.14. The van der Waals surface area contributed by atoms with Crippen LogP contribution in [0.2, 0.25) is 0 Å². The van der Waals surface area contributed by atoms with Crippen molar-refractivity contribution in [3.05, 3.63) is 24.0 Å². The first-order chi connectivity index (χ1) is 5.11. The molecule has 1 aliphatic carbocycles. The highest BCUT2D eigenvalue weighted by atomic mass is 16.4. The SMILES string of the molecule is O=C(O)C1C=C(O)C=CC1=O. The van der Waals surface area contributed by atoms with Crippen LogP contribution in [0.3, 0.4) is 0 Å². The Morgan fingerprint density at radius 1 is 1.45 bits per heavy atom. The summed E-state index contributed by atoms with van der Waals surface area (Å²) in [5.41, 5.74) is 0. The minimum absolute atomic E-state index is 0.183. The van der Waals surface area contributed by atoms with Gasteiger partial charge in [-0.3, -0.25) is 9.59 Å². The monoisotopic (exact) mass is 154 g/mol. The summed E-state index contributed by atoms with van der Waals surface area (Å²) in [4.78, 5) is 21.1. The quantitative estimate of drug-likeness (QED) is 0.531. The molecule has 11 heavy (non-hydrogen) atoms. The Hall–Kier alpha value is -1.58. The van der Waals surface area contributed by atoms with Crippen LogP contribution in [0.25, 0.3) is 0 Å². The number of carbonyl (C=O) groups is 2. The van der Waals surface area contributed by atoms with Crippen LogP contribution in [-0.4, -0.2) is 22.0 Å². The molecule has 0 radical (unpaired) electrons. The smallest absolute Gasteiger partial charge is 0.318 e. The Labute approximate surface area is 62.5 Å². The maximum Gasteiger partial charge on any atom is 0.318 e. The van der Waals surface area contributed by atoms with Gasteiger partial charge in [-0.2, -0.15) is 0 Å². The third-order valence-electron chi connectivity index (χ3n) is 1.33. The van der Waals surface area contributed by atoms with E-state index in [1.165, 1.54) is 6.08 Å². The molecule has 0 fully saturated rings. The standard InChI is InChI=1S/C7H6O4/c8-4-1-2-6(9)5(3-4)7(10)11/h1-3,5,8H,(H,10,11). The Bertz CT molecular complexity index is 262. The molecule has 0 aliphatic heterocycles. The molecule has 4 nitrogen and oxygen atoms in total. The summed E-state index contributed by atoms with van der Waals surface area (Å²) in [6, 6.07) is 0. The van der Waals surface area contributed by atoms with E-state index >= 15 is 0 Å². The highest BCUT2D eigenvalue weighted by Gasteiger charge is 2.24. The number of ketones is 1. The van der Waals surface area contributed by atoms with E-state index in [-0.39, 0.29) is 5.76 Å². The Morgan fingerprint density at radius 3 is 2.55 bits per heavy atom. The van der Waals surface area contributed by atoms with Crippen molar-refractivity contribution in [2.45, 2.75) is 0 Å². The van der Waals surface area contributed by atoms with Crippen LogP contribution in [0.1, 0.15) is 0 Å². The zero-order valence-corrected chi connectivity index (χ0v) is 5.52. The van der Waals surface area contributed by atoms with E-state index in [0.717, 1.165) is 12.2 Å². The van der Waals surface area contributed by atoms with Gasteiger partial charge in [0.1, 0.15) is 11.7 Å². The van der Waals surface area contributed by atoms with Crippen LogP contribution in [0.5, 0.6) is 0 Å². The third kappa shape index (κ3) is 1.46. The number of allylic oxidation sites excluding steroid dienone is 2. The van der Waals surface area contributed by atoms with Crippen molar-refractivity contribution in [2.75, 3.05) is 0 Å². The molecule has 58 valence electrons. The zero-order chi connectivity index (χ0) is 8.43. The van der Waals surface area contributed by atoms with Crippen molar-refractivity contribution in [3.8, 4) is 0 Å². The first-order valence-electron chi connectivity index (χ1n) is 2.97. The average molecular weight is 154 g/mol. The number of aliphatic carboxylic acids is 1. The molecule has 1 unspecified atom stereocenters. The van der Waals surface area contributed by atoms with Gasteiger partial charge in [-0.05, 0) is 18.2 Å². The molecule has 0 aromatic carbocycles. The molecular formula is C7H6O4. The van der Waals surface area contributed by atoms with Gasteiger partial charge in [0.05, 0.1) is 0 Å². The number of hydrogen-bond acceptors (Lipinski definition) is 3. The molecule has 0 saturated heterocycles. The lowest BCUT2D eigenvalue weighted by Crippen LogP contribution is -2.22. The van der Waals surface area contributed by atoms with Gasteiger partial charge < -0.3 is 10.2 Å². The van der Waals surface area contributed by atoms with Crippen LogP contribution in [0.15, 0.2) is 24.0 Å². The molecule has 0 bridgehead atoms. The molecule has 0 amide bonds. The lowest BCUT2D eigenvalue weighted by Gasteiger charge is -2.06. The summed E-state index contributed by atoms with van der Waals surface area (Å²) >= 11 is 0. The lowest BCUT2D eigenvalue weighted by atomic mass is 9.99. The zero-order valence-electron chi connectivity index (χ0n) is 5.52. The van der Waals surface area contributed by atoms with Crippen molar-refractivity contribution in [1.82, 2.24) is 0 Å². The third-order valence-corrected chi connectivity index (χ3v) is 1.33. The molecule has 1 atom stereocenters. The molecule has 0 spiro atoms. The van der Waals surface area contributed by atoms with E-state index in [0.29, 0.717) is 0 Å². The largest absolute Gasteiger partial charge is 0.508 e. The second kappa shape index (κ2) is 2.57. The number of carbonyl (C=O) groups excluding carboxylic acids is 1. The van der Waals surface area contributed by atoms with Crippen molar-refractivity contribution >= 4 is 11.8 Å². The normalized spacial score (nSPS) is 23.1. The molecule has 0 heterocycles. The minimum atomic E-state index is -1.24. The topological polar surface area (TPSA) is 74.6 Å². The predicted molar refractivity (Wildman–Crippen MR) is 36.0 cm³/mol. The maximum atomic E-state index is 10.8. The highest BCUT2D eigenvalue weighted by Crippen LogP contribution is 2.11. The van der Waals surface area contributed by atoms with Gasteiger partial charge in [0.25, 0.3) is 0 Å². The van der Waals surface area contributed by atoms with Gasteiger partial charge in [0.15, 0.2) is 5.78 Å². The van der Waals surface area contributed by atoms with Crippen molar-refractivity contribution < 1.29 is 19.8 Å². The fourth-order valence-corrected chi connectivity index (χ4v) is 0.773. The molecule has 1 aliphatic rings. The Morgan fingerprint density at radius 2 is 2.09 bits per heavy atom. The summed E-state index contributed by atoms with van der Waals surface area (Å²) < 4.78 is 0. The van der Waals surface area contributed by atoms with Crippen molar-refractivity contribution in [2.24, 2.45) is 5.92 Å². The van der Waals surface area contributed by atoms with Crippen LogP contribution in [0, 0.1) is 5.92 Å². The maximum absolute atomic E-state index is 10.8. The Balaban J connectivity index is 2.90. The first kappa shape index (κ1) is 7.53. The van der Waals surface area contributed by atoms with Gasteiger partial charge in [-0.1, -0.05) is 0 Å². The summed E-state index contributed by atoms with van der Waals surface area (Å²) in [5.74, 6) is -3.17. The predicted octanol–water partition coefficient (Wildman–Crippen LogP) is 0.268. The van der Waals surface area contributed by atoms with E-state index in [1.807, 2.05) is 0 Å². The van der Waals surface area contributed by atoms with E-state index in [1.54, 1.807) is 0 Å². The van der Waals surface area contributed by atoms with Crippen LogP contribution < -0.4 is 0 Å². The van der Waals surface area contributed by atoms with Crippen molar-refractivity contribution in [1.29, 1.82) is 0 Å². The summed E-state index contributed by atoms with van der Waals surface area (Å²) in [6.07, 6.45) is 3.22. The number of aliphatic hydroxyl groups is 1. The minimum Gasteiger partial charge on any atom is -0.508 e. The van der Waals surface area contributed by atoms with Gasteiger partial charge in [-0.15, -0.1) is 0 Å². The average Bonchev–Trinajstić information content (AvgIpc) is 1.94. The number of carboxylic acid groups (broad SMARTS) is 1. The highest BCUT2D eigenvalue weighted by molar-refractivity contribution is 6.07. The molecule has 0 aromatic heterocycles. The summed E-state index contributed by atoms with van der Waals surface area (Å²) in [7, 11) is 0. The van der Waals surface area contributed by atoms with E-state index in [9.17, 15) is 9.59 Å². The summed E-state index contributed by atoms with van der Waals surface area (Å²) in [6.45, 7) is 0. The van der Waals surface area contributed by atoms with Crippen LogP contribution in [-0.2, 0) is 9.59 Å². The molecule has 0 aromatic rings. The van der Waals surface area contributed by atoms with Gasteiger partial charge in [0, 0.05) is 0 Å². The first-order valence-corrected chi connectivity index (χ1v) is 2.97. The molecule has 4 heteroatoms. The fraction of sp³-hybridized carbons (Fsp3) is 0.143. The summed E-state index contributed by atoms with van der Waals surface area (Å²) in [5, 5.41) is 17.2.